The molecule has 0 radical (unpaired) electrons. The van der Waals surface area contributed by atoms with Crippen LogP contribution in [0.5, 0.6) is 5.75 Å². The monoisotopic (exact) mass is 393 g/mol. The molecule has 1 atom stereocenters. The lowest BCUT2D eigenvalue weighted by Crippen LogP contribution is -2.55. The Morgan fingerprint density at radius 2 is 2.03 bits per heavy atom. The van der Waals surface area contributed by atoms with Crippen molar-refractivity contribution in [3.8, 4) is 5.75 Å². The first-order valence-electron chi connectivity index (χ1n) is 10.3. The van der Waals surface area contributed by atoms with Crippen molar-refractivity contribution in [3.63, 3.8) is 0 Å². The van der Waals surface area contributed by atoms with Gasteiger partial charge in [-0.2, -0.15) is 0 Å². The highest BCUT2D eigenvalue weighted by molar-refractivity contribution is 6.08. The fourth-order valence-corrected chi connectivity index (χ4v) is 4.34. The van der Waals surface area contributed by atoms with Gasteiger partial charge in [-0.25, -0.2) is 0 Å². The number of benzene rings is 2. The van der Waals surface area contributed by atoms with Crippen LogP contribution in [0.1, 0.15) is 53.3 Å². The summed E-state index contributed by atoms with van der Waals surface area (Å²) in [6, 6.07) is 12.7. The minimum atomic E-state index is -0.201. The molecular weight excluding hydrogens is 366 g/mol. The quantitative estimate of drug-likeness (QED) is 0.848. The van der Waals surface area contributed by atoms with E-state index in [0.717, 1.165) is 44.5 Å². The van der Waals surface area contributed by atoms with Crippen LogP contribution in [-0.2, 0) is 0 Å². The molecule has 4 rings (SSSR count). The predicted octanol–water partition coefficient (Wildman–Crippen LogP) is 4.13. The zero-order chi connectivity index (χ0) is 20.4. The topological polar surface area (TPSA) is 61.9 Å². The third-order valence-electron chi connectivity index (χ3n) is 5.81. The Morgan fingerprint density at radius 1 is 1.17 bits per heavy atom. The summed E-state index contributed by atoms with van der Waals surface area (Å²) in [6.07, 6.45) is 4.38. The highest BCUT2D eigenvalue weighted by Crippen LogP contribution is 2.35. The average Bonchev–Trinajstić information content (AvgIpc) is 3.00. The third kappa shape index (κ3) is 3.67. The smallest absolute Gasteiger partial charge is 0.257 e. The van der Waals surface area contributed by atoms with E-state index in [1.165, 1.54) is 0 Å². The maximum absolute atomic E-state index is 13.1. The lowest BCUT2D eigenvalue weighted by molar-refractivity contribution is 0.0656. The van der Waals surface area contributed by atoms with E-state index in [-0.39, 0.29) is 18.0 Å². The number of nitrogens with one attached hydrogen (secondary N) is 1. The van der Waals surface area contributed by atoms with E-state index >= 15 is 0 Å². The predicted molar refractivity (Wildman–Crippen MR) is 114 cm³/mol. The van der Waals surface area contributed by atoms with Crippen molar-refractivity contribution in [3.05, 3.63) is 53.6 Å². The van der Waals surface area contributed by atoms with Gasteiger partial charge in [-0.05, 0) is 56.5 Å². The van der Waals surface area contributed by atoms with E-state index in [1.807, 2.05) is 29.2 Å². The van der Waals surface area contributed by atoms with Gasteiger partial charge in [0.25, 0.3) is 11.8 Å². The summed E-state index contributed by atoms with van der Waals surface area (Å²) in [7, 11) is 1.59. The molecule has 1 N–H and O–H groups in total. The molecule has 0 aromatic heterocycles. The van der Waals surface area contributed by atoms with Gasteiger partial charge >= 0.3 is 0 Å². The summed E-state index contributed by atoms with van der Waals surface area (Å²) in [4.78, 5) is 30.2. The maximum Gasteiger partial charge on any atom is 0.257 e. The number of hydrogen-bond donors (Lipinski definition) is 1. The van der Waals surface area contributed by atoms with Crippen molar-refractivity contribution in [1.29, 1.82) is 0 Å². The van der Waals surface area contributed by atoms with Crippen LogP contribution in [0, 0.1) is 0 Å². The van der Waals surface area contributed by atoms with Gasteiger partial charge in [0.1, 0.15) is 11.9 Å². The SMILES string of the molecule is CCN1c2cc(C(=O)Nc3cccc(OC)c3)ccc2C(=O)N2CCCCCC21. The second kappa shape index (κ2) is 8.15. The summed E-state index contributed by atoms with van der Waals surface area (Å²) in [5, 5.41) is 2.92. The summed E-state index contributed by atoms with van der Waals surface area (Å²) < 4.78 is 5.22. The van der Waals surface area contributed by atoms with Crippen molar-refractivity contribution >= 4 is 23.2 Å². The Hall–Kier alpha value is -3.02. The molecule has 0 saturated carbocycles. The fourth-order valence-electron chi connectivity index (χ4n) is 4.34. The second-order valence-electron chi connectivity index (χ2n) is 7.53. The lowest BCUT2D eigenvalue weighted by atomic mass is 10.0. The van der Waals surface area contributed by atoms with E-state index in [1.54, 1.807) is 25.3 Å². The second-order valence-corrected chi connectivity index (χ2v) is 7.53. The number of methoxy groups -OCH3 is 1. The first-order valence-corrected chi connectivity index (χ1v) is 10.3. The van der Waals surface area contributed by atoms with E-state index in [2.05, 4.69) is 17.1 Å². The molecule has 1 fully saturated rings. The Kier molecular flexibility index (Phi) is 5.43. The van der Waals surface area contributed by atoms with Crippen molar-refractivity contribution in [2.75, 3.05) is 30.4 Å². The Morgan fingerprint density at radius 3 is 2.83 bits per heavy atom. The minimum Gasteiger partial charge on any atom is -0.497 e. The lowest BCUT2D eigenvalue weighted by Gasteiger charge is -2.44. The van der Waals surface area contributed by atoms with Crippen molar-refractivity contribution in [1.82, 2.24) is 4.90 Å². The fraction of sp³-hybridized carbons (Fsp3) is 0.391. The van der Waals surface area contributed by atoms with Gasteiger partial charge in [-0.1, -0.05) is 12.5 Å². The number of anilines is 2. The molecule has 2 aromatic rings. The molecule has 2 aliphatic heterocycles. The van der Waals surface area contributed by atoms with Gasteiger partial charge in [0.2, 0.25) is 0 Å². The number of amides is 2. The highest BCUT2D eigenvalue weighted by Gasteiger charge is 2.37. The Bertz CT molecular complexity index is 927. The first kappa shape index (κ1) is 19.3. The number of ether oxygens (including phenoxy) is 1. The molecule has 1 unspecified atom stereocenters. The molecule has 0 spiro atoms. The van der Waals surface area contributed by atoms with Gasteiger partial charge in [0.05, 0.1) is 18.4 Å². The van der Waals surface area contributed by atoms with Gasteiger partial charge in [0, 0.05) is 30.4 Å². The number of nitrogens with zero attached hydrogens (tertiary/aromatic N) is 2. The van der Waals surface area contributed by atoms with Crippen molar-refractivity contribution < 1.29 is 14.3 Å². The van der Waals surface area contributed by atoms with E-state index in [4.69, 9.17) is 4.74 Å². The van der Waals surface area contributed by atoms with Crippen molar-refractivity contribution in [2.45, 2.75) is 38.8 Å². The number of carbonyl (C=O) groups is 2. The third-order valence-corrected chi connectivity index (χ3v) is 5.81. The molecule has 29 heavy (non-hydrogen) atoms. The molecule has 6 nitrogen and oxygen atoms in total. The molecule has 2 amide bonds. The van der Waals surface area contributed by atoms with Gasteiger partial charge in [0.15, 0.2) is 0 Å². The summed E-state index contributed by atoms with van der Waals surface area (Å²) in [5.41, 5.74) is 2.76. The van der Waals surface area contributed by atoms with Crippen molar-refractivity contribution in [2.24, 2.45) is 0 Å². The van der Waals surface area contributed by atoms with Gasteiger partial charge < -0.3 is 19.9 Å². The van der Waals surface area contributed by atoms with Crippen LogP contribution in [0.3, 0.4) is 0 Å². The van der Waals surface area contributed by atoms with E-state index in [0.29, 0.717) is 22.6 Å². The molecular formula is C23H27N3O3. The van der Waals surface area contributed by atoms with Crippen LogP contribution in [0.2, 0.25) is 0 Å². The van der Waals surface area contributed by atoms with Crippen LogP contribution in [0.15, 0.2) is 42.5 Å². The summed E-state index contributed by atoms with van der Waals surface area (Å²) in [5.74, 6) is 0.564. The normalized spacial score (nSPS) is 18.6. The highest BCUT2D eigenvalue weighted by atomic mass is 16.5. The maximum atomic E-state index is 13.1. The number of carbonyl (C=O) groups excluding carboxylic acids is 2. The Labute approximate surface area is 171 Å². The number of rotatable bonds is 4. The minimum absolute atomic E-state index is 0.0800. The molecule has 2 aromatic carbocycles. The van der Waals surface area contributed by atoms with Crippen LogP contribution in [0.25, 0.3) is 0 Å². The molecule has 152 valence electrons. The molecule has 1 saturated heterocycles. The van der Waals surface area contributed by atoms with Gasteiger partial charge in [-0.15, -0.1) is 0 Å². The summed E-state index contributed by atoms with van der Waals surface area (Å²) >= 11 is 0. The molecule has 2 heterocycles. The van der Waals surface area contributed by atoms with Crippen LogP contribution >= 0.6 is 0 Å². The standard InChI is InChI=1S/C23H27N3O3/c1-3-25-20-14-16(22(27)24-17-8-7-9-18(15-17)29-2)11-12-19(20)23(28)26-13-6-4-5-10-21(25)26/h7-9,11-12,14-15,21H,3-6,10,13H2,1-2H3,(H,24,27). The number of fused-ring (bicyclic) bond motifs is 2. The zero-order valence-electron chi connectivity index (χ0n) is 17.0. The van der Waals surface area contributed by atoms with E-state index in [9.17, 15) is 9.59 Å². The zero-order valence-corrected chi connectivity index (χ0v) is 17.0. The first-order chi connectivity index (χ1) is 14.1. The van der Waals surface area contributed by atoms with Gasteiger partial charge in [-0.3, -0.25) is 9.59 Å². The molecule has 0 bridgehead atoms. The number of hydrogen-bond acceptors (Lipinski definition) is 4. The largest absolute Gasteiger partial charge is 0.497 e. The Balaban J connectivity index is 1.64. The van der Waals surface area contributed by atoms with E-state index < -0.39 is 0 Å². The molecule has 2 aliphatic rings. The summed E-state index contributed by atoms with van der Waals surface area (Å²) in [6.45, 7) is 3.70. The molecule has 0 aliphatic carbocycles. The average molecular weight is 393 g/mol. The molecule has 6 heteroatoms. The van der Waals surface area contributed by atoms with Crippen LogP contribution in [0.4, 0.5) is 11.4 Å². The van der Waals surface area contributed by atoms with Crippen LogP contribution < -0.4 is 15.0 Å². The van der Waals surface area contributed by atoms with Crippen LogP contribution in [-0.4, -0.2) is 43.1 Å².